The highest BCUT2D eigenvalue weighted by molar-refractivity contribution is 6.01. The first-order chi connectivity index (χ1) is 14.0. The van der Waals surface area contributed by atoms with E-state index in [0.717, 1.165) is 12.1 Å². The SMILES string of the molecule is CC(=Nc1cccc(OC(F)(F)F)c1)c1c(C)[nH]n(-c2ccc([N+](=O)[O-])cc2)c1=O. The van der Waals surface area contributed by atoms with Crippen molar-refractivity contribution in [1.82, 2.24) is 9.78 Å². The molecular formula is C19H15F3N4O4. The van der Waals surface area contributed by atoms with Crippen LogP contribution >= 0.6 is 0 Å². The minimum Gasteiger partial charge on any atom is -0.406 e. The van der Waals surface area contributed by atoms with E-state index in [9.17, 15) is 28.1 Å². The summed E-state index contributed by atoms with van der Waals surface area (Å²) in [5.74, 6) is -0.425. The Morgan fingerprint density at radius 3 is 2.47 bits per heavy atom. The molecule has 0 saturated heterocycles. The van der Waals surface area contributed by atoms with E-state index in [1.165, 1.54) is 41.1 Å². The number of halogens is 3. The molecule has 3 aromatic rings. The number of aliphatic imine (C=N–C) groups is 1. The second-order valence-electron chi connectivity index (χ2n) is 6.27. The van der Waals surface area contributed by atoms with Crippen LogP contribution in [0.15, 0.2) is 58.3 Å². The van der Waals surface area contributed by atoms with Crippen LogP contribution in [0.25, 0.3) is 5.69 Å². The van der Waals surface area contributed by atoms with Crippen LogP contribution in [0, 0.1) is 17.0 Å². The molecule has 0 spiro atoms. The van der Waals surface area contributed by atoms with Gasteiger partial charge in [0.25, 0.3) is 11.2 Å². The number of aromatic nitrogens is 2. The largest absolute Gasteiger partial charge is 0.573 e. The van der Waals surface area contributed by atoms with Crippen LogP contribution in [0.3, 0.4) is 0 Å². The number of hydrogen-bond acceptors (Lipinski definition) is 5. The number of hydrogen-bond donors (Lipinski definition) is 1. The molecule has 156 valence electrons. The van der Waals surface area contributed by atoms with Crippen molar-refractivity contribution in [2.45, 2.75) is 20.2 Å². The van der Waals surface area contributed by atoms with Crippen molar-refractivity contribution < 1.29 is 22.8 Å². The van der Waals surface area contributed by atoms with Gasteiger partial charge in [-0.05, 0) is 38.1 Å². The fraction of sp³-hybridized carbons (Fsp3) is 0.158. The lowest BCUT2D eigenvalue weighted by Crippen LogP contribution is -2.19. The number of nitrogens with zero attached hydrogens (tertiary/aromatic N) is 3. The third-order valence-electron chi connectivity index (χ3n) is 4.10. The molecule has 0 aliphatic rings. The van der Waals surface area contributed by atoms with Gasteiger partial charge in [0.15, 0.2) is 0 Å². The fourth-order valence-corrected chi connectivity index (χ4v) is 2.88. The smallest absolute Gasteiger partial charge is 0.406 e. The van der Waals surface area contributed by atoms with E-state index in [1.54, 1.807) is 13.8 Å². The zero-order valence-corrected chi connectivity index (χ0v) is 15.7. The number of non-ortho nitro benzene ring substituents is 1. The molecule has 30 heavy (non-hydrogen) atoms. The topological polar surface area (TPSA) is 103 Å². The second-order valence-corrected chi connectivity index (χ2v) is 6.27. The lowest BCUT2D eigenvalue weighted by atomic mass is 10.1. The van der Waals surface area contributed by atoms with Crippen LogP contribution in [0.1, 0.15) is 18.2 Å². The molecule has 8 nitrogen and oxygen atoms in total. The minimum absolute atomic E-state index is 0.117. The average molecular weight is 420 g/mol. The van der Waals surface area contributed by atoms with E-state index in [-0.39, 0.29) is 22.6 Å². The number of aryl methyl sites for hydroxylation is 1. The van der Waals surface area contributed by atoms with Gasteiger partial charge < -0.3 is 4.74 Å². The molecule has 0 bridgehead atoms. The van der Waals surface area contributed by atoms with Gasteiger partial charge in [-0.1, -0.05) is 6.07 Å². The molecule has 3 rings (SSSR count). The van der Waals surface area contributed by atoms with Crippen molar-refractivity contribution >= 4 is 17.1 Å². The Labute approximate surface area is 167 Å². The van der Waals surface area contributed by atoms with Crippen LogP contribution < -0.4 is 10.3 Å². The summed E-state index contributed by atoms with van der Waals surface area (Å²) in [4.78, 5) is 27.3. The van der Waals surface area contributed by atoms with Crippen LogP contribution in [0.4, 0.5) is 24.5 Å². The molecule has 1 aromatic heterocycles. The van der Waals surface area contributed by atoms with E-state index in [4.69, 9.17) is 0 Å². The Hall–Kier alpha value is -3.89. The molecule has 0 amide bonds. The highest BCUT2D eigenvalue weighted by atomic mass is 19.4. The number of nitro benzene ring substituents is 1. The van der Waals surface area contributed by atoms with E-state index < -0.39 is 22.6 Å². The molecule has 1 heterocycles. The summed E-state index contributed by atoms with van der Waals surface area (Å²) in [7, 11) is 0. The van der Waals surface area contributed by atoms with Gasteiger partial charge in [0.2, 0.25) is 0 Å². The maximum Gasteiger partial charge on any atom is 0.573 e. The number of benzene rings is 2. The van der Waals surface area contributed by atoms with E-state index >= 15 is 0 Å². The third-order valence-corrected chi connectivity index (χ3v) is 4.10. The van der Waals surface area contributed by atoms with E-state index in [0.29, 0.717) is 11.4 Å². The Balaban J connectivity index is 1.96. The molecular weight excluding hydrogens is 405 g/mol. The highest BCUT2D eigenvalue weighted by Crippen LogP contribution is 2.26. The molecule has 1 N–H and O–H groups in total. The number of alkyl halides is 3. The lowest BCUT2D eigenvalue weighted by Gasteiger charge is -2.09. The zero-order chi connectivity index (χ0) is 22.1. The van der Waals surface area contributed by atoms with Crippen molar-refractivity contribution in [3.63, 3.8) is 0 Å². The van der Waals surface area contributed by atoms with Crippen LogP contribution in [-0.2, 0) is 0 Å². The summed E-state index contributed by atoms with van der Waals surface area (Å²) in [6.45, 7) is 3.19. The highest BCUT2D eigenvalue weighted by Gasteiger charge is 2.31. The van der Waals surface area contributed by atoms with Gasteiger partial charge in [-0.25, -0.2) is 4.68 Å². The molecule has 11 heteroatoms. The quantitative estimate of drug-likeness (QED) is 0.375. The number of ether oxygens (including phenoxy) is 1. The summed E-state index contributed by atoms with van der Waals surface area (Å²) in [6, 6.07) is 10.5. The molecule has 0 saturated carbocycles. The molecule has 0 radical (unpaired) electrons. The Morgan fingerprint density at radius 1 is 1.20 bits per heavy atom. The zero-order valence-electron chi connectivity index (χ0n) is 15.7. The van der Waals surface area contributed by atoms with Crippen molar-refractivity contribution in [3.05, 3.63) is 80.3 Å². The van der Waals surface area contributed by atoms with Gasteiger partial charge >= 0.3 is 6.36 Å². The summed E-state index contributed by atoms with van der Waals surface area (Å²) < 4.78 is 42.3. The van der Waals surface area contributed by atoms with Gasteiger partial charge in [-0.15, -0.1) is 13.2 Å². The van der Waals surface area contributed by atoms with Crippen molar-refractivity contribution in [2.24, 2.45) is 4.99 Å². The summed E-state index contributed by atoms with van der Waals surface area (Å²) in [6.07, 6.45) is -4.83. The predicted octanol–water partition coefficient (Wildman–Crippen LogP) is 4.42. The number of aromatic amines is 1. The lowest BCUT2D eigenvalue weighted by molar-refractivity contribution is -0.384. The van der Waals surface area contributed by atoms with Crippen molar-refractivity contribution in [3.8, 4) is 11.4 Å². The number of H-pyrrole nitrogens is 1. The molecule has 0 aliphatic carbocycles. The first kappa shape index (κ1) is 20.8. The predicted molar refractivity (Wildman–Crippen MR) is 103 cm³/mol. The monoisotopic (exact) mass is 420 g/mol. The summed E-state index contributed by atoms with van der Waals surface area (Å²) >= 11 is 0. The first-order valence-electron chi connectivity index (χ1n) is 8.53. The molecule has 0 atom stereocenters. The maximum absolute atomic E-state index is 12.8. The first-order valence-corrected chi connectivity index (χ1v) is 8.53. The van der Waals surface area contributed by atoms with Gasteiger partial charge in [0.05, 0.1) is 27.6 Å². The van der Waals surface area contributed by atoms with Crippen LogP contribution in [-0.4, -0.2) is 26.8 Å². The van der Waals surface area contributed by atoms with Gasteiger partial charge in [-0.2, -0.15) is 0 Å². The van der Waals surface area contributed by atoms with Crippen molar-refractivity contribution in [1.29, 1.82) is 0 Å². The van der Waals surface area contributed by atoms with Crippen LogP contribution in [0.2, 0.25) is 0 Å². The molecule has 2 aromatic carbocycles. The molecule has 0 fully saturated rings. The van der Waals surface area contributed by atoms with Gasteiger partial charge in [-0.3, -0.25) is 25.0 Å². The second kappa shape index (κ2) is 7.85. The number of nitrogens with one attached hydrogen (secondary N) is 1. The Bertz CT molecular complexity index is 1180. The van der Waals surface area contributed by atoms with Gasteiger partial charge in [0.1, 0.15) is 5.75 Å². The average Bonchev–Trinajstić information content (AvgIpc) is 2.95. The standard InChI is InChI=1S/C19H15F3N4O4/c1-11(23-13-4-3-5-16(10-13)30-19(20,21)22)17-12(2)24-25(18(17)27)14-6-8-15(9-7-14)26(28)29/h3-10,24H,1-2H3. The Kier molecular flexibility index (Phi) is 5.45. The normalized spacial score (nSPS) is 12.1. The third kappa shape index (κ3) is 4.57. The summed E-state index contributed by atoms with van der Waals surface area (Å²) in [5.41, 5.74) is 0.972. The number of nitro groups is 1. The molecule has 0 aliphatic heterocycles. The minimum atomic E-state index is -4.83. The summed E-state index contributed by atoms with van der Waals surface area (Å²) in [5, 5.41) is 13.6. The molecule has 0 unspecified atom stereocenters. The maximum atomic E-state index is 12.8. The number of rotatable bonds is 5. The van der Waals surface area contributed by atoms with Gasteiger partial charge in [0, 0.05) is 23.9 Å². The Morgan fingerprint density at radius 2 is 1.87 bits per heavy atom. The van der Waals surface area contributed by atoms with Crippen LogP contribution in [0.5, 0.6) is 5.75 Å². The fourth-order valence-electron chi connectivity index (χ4n) is 2.88. The van der Waals surface area contributed by atoms with E-state index in [1.807, 2.05) is 0 Å². The van der Waals surface area contributed by atoms with Crippen molar-refractivity contribution in [2.75, 3.05) is 0 Å². The van der Waals surface area contributed by atoms with E-state index in [2.05, 4.69) is 14.8 Å².